The van der Waals surface area contributed by atoms with Crippen LogP contribution in [0.15, 0.2) is 10.5 Å². The Hall–Kier alpha value is -2.03. The number of ether oxygens (including phenoxy) is 1. The lowest BCUT2D eigenvalue weighted by atomic mass is 10.0. The highest BCUT2D eigenvalue weighted by Crippen LogP contribution is 2.34. The van der Waals surface area contributed by atoms with Gasteiger partial charge < -0.3 is 25.3 Å². The van der Waals surface area contributed by atoms with Gasteiger partial charge in [-0.1, -0.05) is 0 Å². The first-order valence-corrected chi connectivity index (χ1v) is 10.0. The van der Waals surface area contributed by atoms with E-state index in [1.165, 1.54) is 0 Å². The van der Waals surface area contributed by atoms with Crippen molar-refractivity contribution in [2.24, 2.45) is 7.05 Å². The van der Waals surface area contributed by atoms with E-state index in [1.807, 2.05) is 29.5 Å². The zero-order valence-corrected chi connectivity index (χ0v) is 18.4. The summed E-state index contributed by atoms with van der Waals surface area (Å²) in [5, 5.41) is 2.78. The number of benzene rings is 1. The summed E-state index contributed by atoms with van der Waals surface area (Å²) in [5.74, 6) is 0.638. The van der Waals surface area contributed by atoms with E-state index in [2.05, 4.69) is 21.2 Å². The first-order valence-electron chi connectivity index (χ1n) is 9.25. The zero-order valence-electron chi connectivity index (χ0n) is 16.8. The summed E-state index contributed by atoms with van der Waals surface area (Å²) in [5.41, 5.74) is 8.73. The van der Waals surface area contributed by atoms with Gasteiger partial charge in [0.25, 0.3) is 0 Å². The molecule has 1 fully saturated rings. The molecule has 28 heavy (non-hydrogen) atoms. The minimum absolute atomic E-state index is 0.218. The molecule has 3 rings (SSSR count). The maximum Gasteiger partial charge on any atom is 0.407 e. The molecule has 0 radical (unpaired) electrons. The highest BCUT2D eigenvalue weighted by molar-refractivity contribution is 9.10. The Morgan fingerprint density at radius 2 is 2.11 bits per heavy atom. The molecule has 2 heterocycles. The van der Waals surface area contributed by atoms with Crippen molar-refractivity contribution in [3.8, 4) is 0 Å². The van der Waals surface area contributed by atoms with E-state index in [0.717, 1.165) is 21.1 Å². The molecule has 2 aromatic rings. The number of carbonyl (C=O) groups excluding carboxylic acids is 1. The molecule has 1 amide bonds. The third-order valence-electron chi connectivity index (χ3n) is 4.74. The number of piperidine rings is 1. The van der Waals surface area contributed by atoms with Crippen LogP contribution in [0.4, 0.5) is 20.8 Å². The fourth-order valence-corrected chi connectivity index (χ4v) is 4.08. The first kappa shape index (κ1) is 20.7. The number of hydrogen-bond donors (Lipinski definition) is 2. The quantitative estimate of drug-likeness (QED) is 0.674. The highest BCUT2D eigenvalue weighted by Gasteiger charge is 2.32. The van der Waals surface area contributed by atoms with Gasteiger partial charge in [0, 0.05) is 20.0 Å². The van der Waals surface area contributed by atoms with Crippen LogP contribution in [0.25, 0.3) is 11.0 Å². The predicted octanol–water partition coefficient (Wildman–Crippen LogP) is 3.67. The third kappa shape index (κ3) is 4.19. The van der Waals surface area contributed by atoms with Gasteiger partial charge in [0.15, 0.2) is 0 Å². The molecule has 0 spiro atoms. The smallest absolute Gasteiger partial charge is 0.407 e. The number of nitrogens with zero attached hydrogens (tertiary/aromatic N) is 3. The van der Waals surface area contributed by atoms with Gasteiger partial charge in [0.2, 0.25) is 5.95 Å². The maximum absolute atomic E-state index is 14.5. The van der Waals surface area contributed by atoms with E-state index < -0.39 is 17.9 Å². The number of alkyl halides is 1. The Morgan fingerprint density at radius 1 is 1.43 bits per heavy atom. The van der Waals surface area contributed by atoms with Gasteiger partial charge in [0.05, 0.1) is 28.3 Å². The molecular weight excluding hydrogens is 429 g/mol. The average molecular weight is 456 g/mol. The van der Waals surface area contributed by atoms with Crippen molar-refractivity contribution in [3.63, 3.8) is 0 Å². The van der Waals surface area contributed by atoms with Crippen molar-refractivity contribution in [3.05, 3.63) is 16.1 Å². The topological polar surface area (TPSA) is 85.4 Å². The highest BCUT2D eigenvalue weighted by atomic mass is 79.9. The minimum Gasteiger partial charge on any atom is -0.444 e. The Kier molecular flexibility index (Phi) is 5.49. The number of fused-ring (bicyclic) bond motifs is 1. The molecule has 3 N–H and O–H groups in total. The fourth-order valence-electron chi connectivity index (χ4n) is 3.47. The number of rotatable bonds is 2. The Balaban J connectivity index is 1.86. The van der Waals surface area contributed by atoms with Crippen LogP contribution in [0.5, 0.6) is 0 Å². The van der Waals surface area contributed by atoms with Crippen molar-refractivity contribution < 1.29 is 13.9 Å². The number of alkyl carbamates (subject to hydrolysis) is 1. The zero-order chi connectivity index (χ0) is 20.8. The molecule has 0 unspecified atom stereocenters. The molecule has 1 aromatic carbocycles. The van der Waals surface area contributed by atoms with Gasteiger partial charge in [-0.25, -0.2) is 14.2 Å². The number of nitrogens with two attached hydrogens (primary N) is 1. The average Bonchev–Trinajstić information content (AvgIpc) is 2.87. The maximum atomic E-state index is 14.5. The summed E-state index contributed by atoms with van der Waals surface area (Å²) in [4.78, 5) is 18.6. The third-order valence-corrected chi connectivity index (χ3v) is 5.54. The Labute approximate surface area is 172 Å². The summed E-state index contributed by atoms with van der Waals surface area (Å²) >= 11 is 3.52. The minimum atomic E-state index is -1.08. The standard InChI is InChI=1S/C19H27BrFN5O2/c1-10-6-13-16(14(20)15(10)22)24-17(25(13)5)26-8-11(21)7-12(9-26)23-18(27)28-19(2,3)4/h6,11-12H,7-9,22H2,1-5H3,(H,23,27)/t11-,12-/m1/s1. The molecule has 0 saturated carbocycles. The monoisotopic (exact) mass is 455 g/mol. The lowest BCUT2D eigenvalue weighted by Gasteiger charge is -2.35. The van der Waals surface area contributed by atoms with Gasteiger partial charge in [0.1, 0.15) is 17.3 Å². The van der Waals surface area contributed by atoms with E-state index in [1.54, 1.807) is 20.8 Å². The molecule has 0 bridgehead atoms. The molecule has 1 saturated heterocycles. The van der Waals surface area contributed by atoms with E-state index in [4.69, 9.17) is 15.5 Å². The van der Waals surface area contributed by atoms with Crippen molar-refractivity contribution in [1.82, 2.24) is 14.9 Å². The van der Waals surface area contributed by atoms with Crippen LogP contribution in [0.2, 0.25) is 0 Å². The summed E-state index contributed by atoms with van der Waals surface area (Å²) in [6.07, 6.45) is -1.37. The largest absolute Gasteiger partial charge is 0.444 e. The predicted molar refractivity (Wildman–Crippen MR) is 112 cm³/mol. The molecular formula is C19H27BrFN5O2. The van der Waals surface area contributed by atoms with E-state index >= 15 is 0 Å². The number of anilines is 2. The summed E-state index contributed by atoms with van der Waals surface area (Å²) in [7, 11) is 1.89. The van der Waals surface area contributed by atoms with Crippen LogP contribution in [0.1, 0.15) is 32.8 Å². The van der Waals surface area contributed by atoms with Crippen LogP contribution in [-0.4, -0.2) is 46.5 Å². The van der Waals surface area contributed by atoms with Crippen molar-refractivity contribution in [1.29, 1.82) is 0 Å². The SMILES string of the molecule is Cc1cc2c(nc(N3C[C@H](F)C[C@@H](NC(=O)OC(C)(C)C)C3)n2C)c(Br)c1N. The van der Waals surface area contributed by atoms with Gasteiger partial charge in [-0.15, -0.1) is 0 Å². The van der Waals surface area contributed by atoms with Crippen LogP contribution in [-0.2, 0) is 11.8 Å². The second-order valence-electron chi connectivity index (χ2n) is 8.34. The number of nitrogens with one attached hydrogen (secondary N) is 1. The van der Waals surface area contributed by atoms with E-state index in [-0.39, 0.29) is 19.0 Å². The number of hydrogen-bond acceptors (Lipinski definition) is 5. The number of aryl methyl sites for hydroxylation is 2. The lowest BCUT2D eigenvalue weighted by molar-refractivity contribution is 0.0490. The Bertz CT molecular complexity index is 908. The van der Waals surface area contributed by atoms with E-state index in [9.17, 15) is 9.18 Å². The van der Waals surface area contributed by atoms with Crippen molar-refractivity contribution in [2.45, 2.75) is 51.9 Å². The number of carbonyl (C=O) groups is 1. The van der Waals surface area contributed by atoms with Crippen LogP contribution >= 0.6 is 15.9 Å². The molecule has 1 aliphatic rings. The van der Waals surface area contributed by atoms with Crippen LogP contribution in [0, 0.1) is 6.92 Å². The summed E-state index contributed by atoms with van der Waals surface area (Å²) < 4.78 is 22.4. The second-order valence-corrected chi connectivity index (χ2v) is 9.13. The van der Waals surface area contributed by atoms with Crippen LogP contribution in [0.3, 0.4) is 0 Å². The summed E-state index contributed by atoms with van der Waals surface area (Å²) in [6, 6.07) is 1.60. The summed E-state index contributed by atoms with van der Waals surface area (Å²) in [6.45, 7) is 7.98. The molecule has 1 aliphatic heterocycles. The van der Waals surface area contributed by atoms with Crippen molar-refractivity contribution >= 4 is 44.7 Å². The molecule has 0 aliphatic carbocycles. The number of imidazole rings is 1. The molecule has 9 heteroatoms. The van der Waals surface area contributed by atoms with Gasteiger partial charge in [-0.05, 0) is 55.3 Å². The van der Waals surface area contributed by atoms with Gasteiger partial charge in [-0.3, -0.25) is 0 Å². The number of amides is 1. The first-order chi connectivity index (χ1) is 13.0. The molecule has 154 valence electrons. The second kappa shape index (κ2) is 7.42. The van der Waals surface area contributed by atoms with Crippen molar-refractivity contribution in [2.75, 3.05) is 23.7 Å². The molecule has 2 atom stereocenters. The number of nitrogen functional groups attached to an aromatic ring is 1. The van der Waals surface area contributed by atoms with Crippen LogP contribution < -0.4 is 16.0 Å². The number of aromatic nitrogens is 2. The van der Waals surface area contributed by atoms with Gasteiger partial charge in [-0.2, -0.15) is 0 Å². The van der Waals surface area contributed by atoms with E-state index in [0.29, 0.717) is 18.2 Å². The normalized spacial score (nSPS) is 20.5. The number of halogens is 2. The molecule has 1 aromatic heterocycles. The Morgan fingerprint density at radius 3 is 2.75 bits per heavy atom. The lowest BCUT2D eigenvalue weighted by Crippen LogP contribution is -2.53. The fraction of sp³-hybridized carbons (Fsp3) is 0.579. The van der Waals surface area contributed by atoms with Gasteiger partial charge >= 0.3 is 6.09 Å². The molecule has 7 nitrogen and oxygen atoms in total.